The number of aromatic nitrogens is 3. The van der Waals surface area contributed by atoms with Crippen molar-refractivity contribution in [1.29, 1.82) is 0 Å². The highest BCUT2D eigenvalue weighted by atomic mass is 16.3. The van der Waals surface area contributed by atoms with E-state index in [4.69, 9.17) is 23.8 Å². The lowest BCUT2D eigenvalue weighted by atomic mass is 9.68. The van der Waals surface area contributed by atoms with Crippen molar-refractivity contribution >= 4 is 43.9 Å². The molecule has 0 radical (unpaired) electrons. The Bertz CT molecular complexity index is 3460. The Morgan fingerprint density at radius 3 is 1.45 bits per heavy atom. The minimum Gasteiger partial charge on any atom is -0.455 e. The van der Waals surface area contributed by atoms with Crippen LogP contribution in [0.4, 0.5) is 0 Å². The van der Waals surface area contributed by atoms with Gasteiger partial charge in [0, 0.05) is 32.5 Å². The first-order valence-corrected chi connectivity index (χ1v) is 21.7. The Morgan fingerprint density at radius 2 is 0.806 bits per heavy atom. The lowest BCUT2D eigenvalue weighted by Gasteiger charge is -2.36. The number of nitrogens with zero attached hydrogens (tertiary/aromatic N) is 3. The van der Waals surface area contributed by atoms with Crippen LogP contribution in [0.15, 0.2) is 185 Å². The van der Waals surface area contributed by atoms with Crippen LogP contribution in [0.3, 0.4) is 0 Å². The molecule has 5 nitrogen and oxygen atoms in total. The van der Waals surface area contributed by atoms with Crippen molar-refractivity contribution in [2.24, 2.45) is 0 Å². The smallest absolute Gasteiger partial charge is 0.167 e. The Morgan fingerprint density at radius 1 is 0.339 bits per heavy atom. The van der Waals surface area contributed by atoms with Gasteiger partial charge in [-0.1, -0.05) is 153 Å². The summed E-state index contributed by atoms with van der Waals surface area (Å²) in [7, 11) is 0. The highest BCUT2D eigenvalue weighted by molar-refractivity contribution is 6.10. The van der Waals surface area contributed by atoms with Crippen LogP contribution >= 0.6 is 0 Å². The highest BCUT2D eigenvalue weighted by Crippen LogP contribution is 2.56. The van der Waals surface area contributed by atoms with Crippen LogP contribution in [0.1, 0.15) is 43.2 Å². The van der Waals surface area contributed by atoms with Gasteiger partial charge in [-0.2, -0.15) is 0 Å². The van der Waals surface area contributed by atoms with E-state index in [2.05, 4.69) is 115 Å². The molecule has 0 atom stereocenters. The minimum atomic E-state index is 0.150. The molecule has 0 unspecified atom stereocenters. The molecule has 0 bridgehead atoms. The second kappa shape index (κ2) is 13.7. The molecule has 3 aromatic heterocycles. The van der Waals surface area contributed by atoms with E-state index in [0.717, 1.165) is 71.7 Å². The van der Waals surface area contributed by atoms with Gasteiger partial charge in [0.1, 0.15) is 22.3 Å². The molecule has 1 saturated carbocycles. The largest absolute Gasteiger partial charge is 0.455 e. The van der Waals surface area contributed by atoms with Crippen molar-refractivity contribution < 1.29 is 8.83 Å². The Labute approximate surface area is 358 Å². The van der Waals surface area contributed by atoms with Gasteiger partial charge in [0.2, 0.25) is 0 Å². The second-order valence-corrected chi connectivity index (χ2v) is 17.0. The Hall–Kier alpha value is -7.63. The lowest BCUT2D eigenvalue weighted by Crippen LogP contribution is -2.27. The van der Waals surface area contributed by atoms with Gasteiger partial charge in [-0.3, -0.25) is 0 Å². The van der Waals surface area contributed by atoms with Crippen LogP contribution in [0.5, 0.6) is 0 Å². The topological polar surface area (TPSA) is 65.0 Å². The van der Waals surface area contributed by atoms with Crippen LogP contribution in [-0.4, -0.2) is 15.0 Å². The van der Waals surface area contributed by atoms with E-state index in [9.17, 15) is 0 Å². The zero-order valence-corrected chi connectivity index (χ0v) is 33.9. The van der Waals surface area contributed by atoms with Crippen molar-refractivity contribution in [3.05, 3.63) is 187 Å². The summed E-state index contributed by atoms with van der Waals surface area (Å²) in [5.74, 6) is 1.63. The molecule has 1 fully saturated rings. The predicted molar refractivity (Wildman–Crippen MR) is 251 cm³/mol. The summed E-state index contributed by atoms with van der Waals surface area (Å²) in [4.78, 5) is 15.6. The number of fused-ring (bicyclic) bond motifs is 11. The molecule has 0 N–H and O–H groups in total. The fourth-order valence-corrected chi connectivity index (χ4v) is 10.6. The molecular weight excluding hydrogens is 759 g/mol. The third-order valence-electron chi connectivity index (χ3n) is 13.6. The summed E-state index contributed by atoms with van der Waals surface area (Å²) in [6, 6.07) is 62.4. The zero-order chi connectivity index (χ0) is 40.8. The molecule has 1 spiro atoms. The summed E-state index contributed by atoms with van der Waals surface area (Å²) in [6.45, 7) is 0. The van der Waals surface area contributed by atoms with E-state index in [1.807, 2.05) is 60.7 Å². The maximum absolute atomic E-state index is 6.52. The lowest BCUT2D eigenvalue weighted by molar-refractivity contribution is 0.353. The van der Waals surface area contributed by atoms with Gasteiger partial charge in [-0.05, 0) is 99.8 Å². The summed E-state index contributed by atoms with van der Waals surface area (Å²) < 4.78 is 13.0. The molecule has 0 amide bonds. The van der Waals surface area contributed by atoms with E-state index in [0.29, 0.717) is 17.5 Å². The molecule has 11 aromatic rings. The van der Waals surface area contributed by atoms with E-state index in [1.54, 1.807) is 0 Å². The van der Waals surface area contributed by atoms with Crippen molar-refractivity contribution in [3.63, 3.8) is 0 Å². The van der Waals surface area contributed by atoms with Gasteiger partial charge in [-0.25, -0.2) is 15.0 Å². The van der Waals surface area contributed by atoms with E-state index >= 15 is 0 Å². The molecule has 0 saturated heterocycles. The minimum absolute atomic E-state index is 0.150. The summed E-state index contributed by atoms with van der Waals surface area (Å²) in [6.07, 6.45) is 6.38. The molecule has 2 aliphatic carbocycles. The standard InChI is InChI=1S/C57H39N3O2/c1-8-30-57(31-9-1)48-25-5-2-18-40(48)47-34-38(28-29-49(47)57)36-15-10-14-35(32-36)37-16-11-17-39(33-37)54-58-55(45-23-12-21-43-41-19-3-6-26-50(41)61-52(43)45)60-56(59-54)46-24-13-22-44-42-20-4-7-27-51(42)62-53(44)46/h2-7,10-29,32-34H,1,8-9,30-31H2. The molecule has 13 rings (SSSR count). The average molecular weight is 798 g/mol. The molecule has 5 heteroatoms. The molecule has 294 valence electrons. The normalized spacial score (nSPS) is 14.3. The third-order valence-corrected chi connectivity index (χ3v) is 13.6. The first-order chi connectivity index (χ1) is 30.7. The first kappa shape index (κ1) is 35.2. The monoisotopic (exact) mass is 797 g/mol. The summed E-state index contributed by atoms with van der Waals surface area (Å²) in [5, 5.41) is 4.14. The fraction of sp³-hybridized carbons (Fsp3) is 0.105. The number of hydrogen-bond acceptors (Lipinski definition) is 5. The van der Waals surface area contributed by atoms with Crippen LogP contribution in [-0.2, 0) is 5.41 Å². The van der Waals surface area contributed by atoms with Crippen LogP contribution in [0.25, 0.3) is 111 Å². The van der Waals surface area contributed by atoms with Crippen LogP contribution in [0, 0.1) is 0 Å². The third kappa shape index (κ3) is 5.37. The van der Waals surface area contributed by atoms with Crippen molar-refractivity contribution in [1.82, 2.24) is 15.0 Å². The quantitative estimate of drug-likeness (QED) is 0.174. The van der Waals surface area contributed by atoms with Crippen molar-refractivity contribution in [2.45, 2.75) is 37.5 Å². The number of benzene rings is 8. The van der Waals surface area contributed by atoms with Gasteiger partial charge in [0.15, 0.2) is 17.5 Å². The SMILES string of the molecule is c1cc(-c2cccc(-c3nc(-c4cccc5c4oc4ccccc45)nc(-c4cccc5c4oc4ccccc45)n3)c2)cc(-c2ccc3c(c2)-c2ccccc2C32CCCCC2)c1. The average Bonchev–Trinajstić information content (AvgIpc) is 4.00. The number of rotatable bonds is 5. The molecule has 8 aromatic carbocycles. The van der Waals surface area contributed by atoms with Gasteiger partial charge in [-0.15, -0.1) is 0 Å². The fourth-order valence-electron chi connectivity index (χ4n) is 10.6. The number of para-hydroxylation sites is 4. The highest BCUT2D eigenvalue weighted by Gasteiger charge is 2.43. The molecule has 2 aliphatic rings. The molecular formula is C57H39N3O2. The molecule has 0 aliphatic heterocycles. The van der Waals surface area contributed by atoms with Gasteiger partial charge < -0.3 is 8.83 Å². The first-order valence-electron chi connectivity index (χ1n) is 21.7. The van der Waals surface area contributed by atoms with Gasteiger partial charge in [0.05, 0.1) is 11.1 Å². The second-order valence-electron chi connectivity index (χ2n) is 17.0. The Balaban J connectivity index is 0.939. The van der Waals surface area contributed by atoms with Crippen LogP contribution < -0.4 is 0 Å². The summed E-state index contributed by atoms with van der Waals surface area (Å²) >= 11 is 0. The van der Waals surface area contributed by atoms with Crippen LogP contribution in [0.2, 0.25) is 0 Å². The summed E-state index contributed by atoms with van der Waals surface area (Å²) in [5.41, 5.74) is 16.2. The van der Waals surface area contributed by atoms with E-state index in [-0.39, 0.29) is 5.41 Å². The molecule has 3 heterocycles. The number of furan rings is 2. The van der Waals surface area contributed by atoms with Gasteiger partial charge >= 0.3 is 0 Å². The zero-order valence-electron chi connectivity index (χ0n) is 33.9. The van der Waals surface area contributed by atoms with Crippen molar-refractivity contribution in [3.8, 4) is 67.5 Å². The van der Waals surface area contributed by atoms with E-state index < -0.39 is 0 Å². The van der Waals surface area contributed by atoms with E-state index in [1.165, 1.54) is 65.5 Å². The van der Waals surface area contributed by atoms with Crippen molar-refractivity contribution in [2.75, 3.05) is 0 Å². The predicted octanol–water partition coefficient (Wildman–Crippen LogP) is 15.2. The maximum atomic E-state index is 6.52. The van der Waals surface area contributed by atoms with Gasteiger partial charge in [0.25, 0.3) is 0 Å². The number of hydrogen-bond donors (Lipinski definition) is 0. The Kier molecular flexibility index (Phi) is 7.77. The molecule has 62 heavy (non-hydrogen) atoms. The maximum Gasteiger partial charge on any atom is 0.167 e.